The van der Waals surface area contributed by atoms with Gasteiger partial charge in [-0.05, 0) is 46.8 Å². The standard InChI is InChI=1S/C13H14BrNO2/c1-9-4-5-10(11(14)12(9)17)13(15-8-16)6-2-3-7-13/h4-5,17H,2-3,6-7H2,1H3. The van der Waals surface area contributed by atoms with Crippen LogP contribution in [0.3, 0.4) is 0 Å². The molecule has 0 spiro atoms. The first kappa shape index (κ1) is 12.3. The maximum absolute atomic E-state index is 10.6. The largest absolute Gasteiger partial charge is 0.506 e. The molecule has 1 aromatic rings. The third kappa shape index (κ3) is 2.03. The molecule has 17 heavy (non-hydrogen) atoms. The molecule has 0 bridgehead atoms. The van der Waals surface area contributed by atoms with Gasteiger partial charge >= 0.3 is 0 Å². The SMILES string of the molecule is Cc1ccc(C2(N=C=O)CCCC2)c(Br)c1O. The van der Waals surface area contributed by atoms with E-state index in [4.69, 9.17) is 0 Å². The second kappa shape index (κ2) is 4.63. The van der Waals surface area contributed by atoms with Gasteiger partial charge in [0.1, 0.15) is 5.75 Å². The van der Waals surface area contributed by atoms with Crippen molar-refractivity contribution in [3.63, 3.8) is 0 Å². The van der Waals surface area contributed by atoms with Crippen molar-refractivity contribution in [2.75, 3.05) is 0 Å². The van der Waals surface area contributed by atoms with Crippen molar-refractivity contribution in [3.8, 4) is 5.75 Å². The number of nitrogens with zero attached hydrogens (tertiary/aromatic N) is 1. The highest BCUT2D eigenvalue weighted by Crippen LogP contribution is 2.47. The van der Waals surface area contributed by atoms with E-state index >= 15 is 0 Å². The predicted octanol–water partition coefficient (Wildman–Crippen LogP) is 3.57. The fraction of sp³-hybridized carbons (Fsp3) is 0.462. The lowest BCUT2D eigenvalue weighted by molar-refractivity contribution is 0.437. The van der Waals surface area contributed by atoms with Crippen molar-refractivity contribution in [3.05, 3.63) is 27.7 Å². The molecule has 0 unspecified atom stereocenters. The van der Waals surface area contributed by atoms with E-state index < -0.39 is 5.54 Å². The summed E-state index contributed by atoms with van der Waals surface area (Å²) in [5, 5.41) is 9.94. The number of phenolic OH excluding ortho intramolecular Hbond substituents is 1. The summed E-state index contributed by atoms with van der Waals surface area (Å²) >= 11 is 3.41. The Morgan fingerprint density at radius 1 is 1.41 bits per heavy atom. The Hall–Kier alpha value is -1.12. The van der Waals surface area contributed by atoms with Gasteiger partial charge in [0.15, 0.2) is 0 Å². The quantitative estimate of drug-likeness (QED) is 0.670. The van der Waals surface area contributed by atoms with Crippen LogP contribution in [0.15, 0.2) is 21.6 Å². The molecule has 1 fully saturated rings. The smallest absolute Gasteiger partial charge is 0.235 e. The first-order valence-corrected chi connectivity index (χ1v) is 6.47. The highest BCUT2D eigenvalue weighted by molar-refractivity contribution is 9.10. The number of benzene rings is 1. The number of aryl methyl sites for hydroxylation is 1. The van der Waals surface area contributed by atoms with Gasteiger partial charge in [0.2, 0.25) is 6.08 Å². The fourth-order valence-electron chi connectivity index (χ4n) is 2.51. The van der Waals surface area contributed by atoms with Gasteiger partial charge in [-0.1, -0.05) is 25.0 Å². The summed E-state index contributed by atoms with van der Waals surface area (Å²) in [6.07, 6.45) is 5.45. The van der Waals surface area contributed by atoms with Crippen LogP contribution in [0.25, 0.3) is 0 Å². The molecule has 0 atom stereocenters. The molecule has 0 amide bonds. The van der Waals surface area contributed by atoms with Gasteiger partial charge in [-0.15, -0.1) is 0 Å². The average Bonchev–Trinajstić information content (AvgIpc) is 2.76. The van der Waals surface area contributed by atoms with E-state index in [0.717, 1.165) is 36.8 Å². The number of rotatable bonds is 2. The molecule has 4 heteroatoms. The van der Waals surface area contributed by atoms with Crippen molar-refractivity contribution in [1.82, 2.24) is 0 Å². The number of hydrogen-bond donors (Lipinski definition) is 1. The Morgan fingerprint density at radius 3 is 2.65 bits per heavy atom. The van der Waals surface area contributed by atoms with E-state index in [1.165, 1.54) is 0 Å². The van der Waals surface area contributed by atoms with Crippen LogP contribution in [-0.2, 0) is 10.3 Å². The Labute approximate surface area is 109 Å². The van der Waals surface area contributed by atoms with Gasteiger partial charge in [-0.3, -0.25) is 0 Å². The lowest BCUT2D eigenvalue weighted by Crippen LogP contribution is -2.19. The number of hydrogen-bond acceptors (Lipinski definition) is 3. The van der Waals surface area contributed by atoms with Gasteiger partial charge in [0.05, 0.1) is 10.0 Å². The van der Waals surface area contributed by atoms with E-state index in [9.17, 15) is 9.90 Å². The molecule has 0 aliphatic heterocycles. The Balaban J connectivity index is 2.58. The van der Waals surface area contributed by atoms with Crippen molar-refractivity contribution in [2.45, 2.75) is 38.1 Å². The molecule has 1 N–H and O–H groups in total. The predicted molar refractivity (Wildman–Crippen MR) is 68.8 cm³/mol. The Kier molecular flexibility index (Phi) is 3.36. The van der Waals surface area contributed by atoms with Crippen LogP contribution in [0.2, 0.25) is 0 Å². The number of phenols is 1. The molecule has 1 aliphatic rings. The lowest BCUT2D eigenvalue weighted by Gasteiger charge is -2.25. The van der Waals surface area contributed by atoms with Crippen LogP contribution in [-0.4, -0.2) is 11.2 Å². The molecule has 0 saturated heterocycles. The van der Waals surface area contributed by atoms with Crippen molar-refractivity contribution < 1.29 is 9.90 Å². The van der Waals surface area contributed by atoms with E-state index in [1.54, 1.807) is 6.08 Å². The Morgan fingerprint density at radius 2 is 2.06 bits per heavy atom. The van der Waals surface area contributed by atoms with Gasteiger partial charge in [0, 0.05) is 0 Å². The van der Waals surface area contributed by atoms with Gasteiger partial charge < -0.3 is 5.11 Å². The third-order valence-electron chi connectivity index (χ3n) is 3.51. The molecular weight excluding hydrogens is 282 g/mol. The second-order valence-corrected chi connectivity index (χ2v) is 5.33. The van der Waals surface area contributed by atoms with Crippen LogP contribution >= 0.6 is 15.9 Å². The van der Waals surface area contributed by atoms with Crippen molar-refractivity contribution in [2.24, 2.45) is 4.99 Å². The van der Waals surface area contributed by atoms with Crippen LogP contribution in [0.4, 0.5) is 0 Å². The van der Waals surface area contributed by atoms with Crippen molar-refractivity contribution in [1.29, 1.82) is 0 Å². The van der Waals surface area contributed by atoms with E-state index in [2.05, 4.69) is 20.9 Å². The first-order valence-electron chi connectivity index (χ1n) is 5.68. The normalized spacial score (nSPS) is 17.8. The van der Waals surface area contributed by atoms with E-state index in [-0.39, 0.29) is 5.75 Å². The summed E-state index contributed by atoms with van der Waals surface area (Å²) in [5.41, 5.74) is 1.21. The average molecular weight is 296 g/mol. The molecule has 0 aromatic heterocycles. The third-order valence-corrected chi connectivity index (χ3v) is 4.31. The number of aliphatic imine (C=N–C) groups is 1. The van der Waals surface area contributed by atoms with Gasteiger partial charge in [-0.2, -0.15) is 4.99 Å². The van der Waals surface area contributed by atoms with Crippen molar-refractivity contribution >= 4 is 22.0 Å². The minimum Gasteiger partial charge on any atom is -0.506 e. The molecular formula is C13H14BrNO2. The van der Waals surface area contributed by atoms with E-state index in [1.807, 2.05) is 19.1 Å². The van der Waals surface area contributed by atoms with Crippen LogP contribution < -0.4 is 0 Å². The molecule has 1 aromatic carbocycles. The van der Waals surface area contributed by atoms with Gasteiger partial charge in [0.25, 0.3) is 0 Å². The fourth-order valence-corrected chi connectivity index (χ4v) is 3.32. The zero-order chi connectivity index (χ0) is 12.5. The maximum atomic E-state index is 10.6. The summed E-state index contributed by atoms with van der Waals surface area (Å²) in [6, 6.07) is 3.79. The first-order chi connectivity index (χ1) is 8.10. The minimum atomic E-state index is -0.494. The van der Waals surface area contributed by atoms with Gasteiger partial charge in [-0.25, -0.2) is 4.79 Å². The summed E-state index contributed by atoms with van der Waals surface area (Å²) < 4.78 is 0.651. The maximum Gasteiger partial charge on any atom is 0.235 e. The second-order valence-electron chi connectivity index (χ2n) is 4.53. The molecule has 0 radical (unpaired) electrons. The van der Waals surface area contributed by atoms with Crippen LogP contribution in [0, 0.1) is 6.92 Å². The summed E-state index contributed by atoms with van der Waals surface area (Å²) in [6.45, 7) is 1.84. The number of halogens is 1. The monoisotopic (exact) mass is 295 g/mol. The lowest BCUT2D eigenvalue weighted by atomic mass is 9.88. The minimum absolute atomic E-state index is 0.231. The Bertz CT molecular complexity index is 486. The van der Waals surface area contributed by atoms with E-state index in [0.29, 0.717) is 4.47 Å². The number of aromatic hydroxyl groups is 1. The molecule has 1 aliphatic carbocycles. The number of carbonyl (C=O) groups excluding carboxylic acids is 1. The molecule has 0 heterocycles. The zero-order valence-electron chi connectivity index (χ0n) is 9.66. The number of isocyanates is 1. The highest BCUT2D eigenvalue weighted by Gasteiger charge is 2.37. The molecule has 1 saturated carbocycles. The topological polar surface area (TPSA) is 49.7 Å². The summed E-state index contributed by atoms with van der Waals surface area (Å²) in [4.78, 5) is 14.6. The molecule has 90 valence electrons. The van der Waals surface area contributed by atoms with Crippen LogP contribution in [0.1, 0.15) is 36.8 Å². The summed E-state index contributed by atoms with van der Waals surface area (Å²) in [5.74, 6) is 0.231. The molecule has 2 rings (SSSR count). The summed E-state index contributed by atoms with van der Waals surface area (Å²) in [7, 11) is 0. The zero-order valence-corrected chi connectivity index (χ0v) is 11.2. The van der Waals surface area contributed by atoms with Crippen LogP contribution in [0.5, 0.6) is 5.75 Å². The highest BCUT2D eigenvalue weighted by atomic mass is 79.9. The molecule has 3 nitrogen and oxygen atoms in total.